The van der Waals surface area contributed by atoms with Crippen molar-refractivity contribution in [2.24, 2.45) is 0 Å². The predicted octanol–water partition coefficient (Wildman–Crippen LogP) is 5.75. The Morgan fingerprint density at radius 1 is 1.14 bits per heavy atom. The number of aromatic amines is 1. The van der Waals surface area contributed by atoms with Crippen LogP contribution in [0.2, 0.25) is 0 Å². The first-order valence-corrected chi connectivity index (χ1v) is 8.79. The fourth-order valence-corrected chi connectivity index (χ4v) is 3.13. The summed E-state index contributed by atoms with van der Waals surface area (Å²) in [6.07, 6.45) is -1.17. The molecule has 29 heavy (non-hydrogen) atoms. The van der Waals surface area contributed by atoms with Crippen molar-refractivity contribution in [2.45, 2.75) is 13.1 Å². The number of rotatable bonds is 3. The summed E-state index contributed by atoms with van der Waals surface area (Å²) >= 11 is 0. The zero-order valence-electron chi connectivity index (χ0n) is 15.3. The molecule has 0 unspecified atom stereocenters. The highest BCUT2D eigenvalue weighted by molar-refractivity contribution is 5.90. The number of hydrogen-bond donors (Lipinski definition) is 1. The van der Waals surface area contributed by atoms with Gasteiger partial charge in [0.05, 0.1) is 22.2 Å². The molecule has 0 bridgehead atoms. The lowest BCUT2D eigenvalue weighted by Crippen LogP contribution is -2.06. The van der Waals surface area contributed by atoms with E-state index in [1.54, 1.807) is 35.0 Å². The average molecular weight is 392 g/mol. The lowest BCUT2D eigenvalue weighted by atomic mass is 10.2. The third kappa shape index (κ3) is 3.65. The lowest BCUT2D eigenvalue weighted by molar-refractivity contribution is -0.137. The summed E-state index contributed by atoms with van der Waals surface area (Å²) in [5, 5.41) is 9.63. The van der Waals surface area contributed by atoms with Gasteiger partial charge in [0.25, 0.3) is 0 Å². The molecule has 0 radical (unpaired) electrons. The van der Waals surface area contributed by atoms with Crippen molar-refractivity contribution in [2.75, 3.05) is 0 Å². The molecule has 4 aromatic rings. The van der Waals surface area contributed by atoms with E-state index in [1.807, 2.05) is 25.1 Å². The number of nitrogens with zero attached hydrogens (tertiary/aromatic N) is 3. The molecule has 0 aliphatic carbocycles. The Labute approximate surface area is 164 Å². The Bertz CT molecular complexity index is 1270. The molecule has 0 aliphatic rings. The molecular weight excluding hydrogens is 377 g/mol. The van der Waals surface area contributed by atoms with E-state index in [2.05, 4.69) is 16.0 Å². The van der Waals surface area contributed by atoms with Crippen molar-refractivity contribution in [1.29, 1.82) is 5.26 Å². The van der Waals surface area contributed by atoms with E-state index < -0.39 is 11.7 Å². The predicted molar refractivity (Wildman–Crippen MR) is 105 cm³/mol. The molecule has 0 amide bonds. The fraction of sp³-hybridized carbons (Fsp3) is 0.0909. The van der Waals surface area contributed by atoms with Gasteiger partial charge in [0.1, 0.15) is 11.9 Å². The standard InChI is InChI=1S/C22H15F3N4/c1-14-7-8-19-20(10-14)28-21(27-19)15(13-26)11-17-6-3-9-29(17)18-5-2-4-16(12-18)22(23,24)25/h2-12H,1H3,(H,27,28)/b15-11-. The summed E-state index contributed by atoms with van der Waals surface area (Å²) in [7, 11) is 0. The Balaban J connectivity index is 1.77. The normalized spacial score (nSPS) is 12.3. The van der Waals surface area contributed by atoms with Crippen molar-refractivity contribution >= 4 is 22.7 Å². The molecule has 1 N–H and O–H groups in total. The van der Waals surface area contributed by atoms with E-state index in [0.717, 1.165) is 28.7 Å². The largest absolute Gasteiger partial charge is 0.416 e. The van der Waals surface area contributed by atoms with Gasteiger partial charge in [-0.05, 0) is 61.0 Å². The van der Waals surface area contributed by atoms with Gasteiger partial charge in [-0.25, -0.2) is 4.98 Å². The first kappa shape index (κ1) is 18.6. The maximum Gasteiger partial charge on any atom is 0.416 e. The van der Waals surface area contributed by atoms with Crippen LogP contribution in [0.3, 0.4) is 0 Å². The third-order valence-electron chi connectivity index (χ3n) is 4.54. The second-order valence-electron chi connectivity index (χ2n) is 6.63. The number of nitriles is 1. The van der Waals surface area contributed by atoms with Gasteiger partial charge in [0.15, 0.2) is 0 Å². The molecule has 0 saturated heterocycles. The van der Waals surface area contributed by atoms with Gasteiger partial charge < -0.3 is 9.55 Å². The van der Waals surface area contributed by atoms with Crippen molar-refractivity contribution in [3.63, 3.8) is 0 Å². The highest BCUT2D eigenvalue weighted by Crippen LogP contribution is 2.31. The van der Waals surface area contributed by atoms with Crippen molar-refractivity contribution in [3.8, 4) is 11.8 Å². The number of H-pyrrole nitrogens is 1. The molecule has 0 fully saturated rings. The molecule has 0 saturated carbocycles. The Kier molecular flexibility index (Phi) is 4.47. The van der Waals surface area contributed by atoms with Crippen LogP contribution in [0, 0.1) is 18.3 Å². The minimum Gasteiger partial charge on any atom is -0.337 e. The number of nitrogens with one attached hydrogen (secondary N) is 1. The van der Waals surface area contributed by atoms with Gasteiger partial charge in [0, 0.05) is 17.6 Å². The number of aryl methyl sites for hydroxylation is 1. The van der Waals surface area contributed by atoms with E-state index in [9.17, 15) is 18.4 Å². The van der Waals surface area contributed by atoms with Gasteiger partial charge in [-0.3, -0.25) is 0 Å². The number of imidazole rings is 1. The topological polar surface area (TPSA) is 57.4 Å². The van der Waals surface area contributed by atoms with Crippen LogP contribution >= 0.6 is 0 Å². The molecule has 0 aliphatic heterocycles. The third-order valence-corrected chi connectivity index (χ3v) is 4.54. The van der Waals surface area contributed by atoms with Gasteiger partial charge in [-0.1, -0.05) is 12.1 Å². The molecule has 144 valence electrons. The highest BCUT2D eigenvalue weighted by Gasteiger charge is 2.30. The van der Waals surface area contributed by atoms with Crippen LogP contribution in [0.4, 0.5) is 13.2 Å². The maximum atomic E-state index is 13.0. The summed E-state index contributed by atoms with van der Waals surface area (Å²) in [4.78, 5) is 7.58. The van der Waals surface area contributed by atoms with Gasteiger partial charge in [-0.15, -0.1) is 0 Å². The average Bonchev–Trinajstić information content (AvgIpc) is 3.31. The number of aromatic nitrogens is 3. The molecule has 4 nitrogen and oxygen atoms in total. The monoisotopic (exact) mass is 392 g/mol. The first-order valence-electron chi connectivity index (χ1n) is 8.79. The second kappa shape index (κ2) is 6.99. The van der Waals surface area contributed by atoms with Gasteiger partial charge in [-0.2, -0.15) is 18.4 Å². The van der Waals surface area contributed by atoms with Crippen molar-refractivity contribution < 1.29 is 13.2 Å². The first-order chi connectivity index (χ1) is 13.8. The van der Waals surface area contributed by atoms with Gasteiger partial charge in [0.2, 0.25) is 0 Å². The molecule has 2 heterocycles. The lowest BCUT2D eigenvalue weighted by Gasteiger charge is -2.11. The summed E-state index contributed by atoms with van der Waals surface area (Å²) in [5.41, 5.74) is 3.09. The molecule has 0 atom stereocenters. The van der Waals surface area contributed by atoms with E-state index in [4.69, 9.17) is 0 Å². The summed E-state index contributed by atoms with van der Waals surface area (Å²) in [6, 6.07) is 16.3. The highest BCUT2D eigenvalue weighted by atomic mass is 19.4. The molecule has 2 aromatic heterocycles. The Hall–Kier alpha value is -3.79. The van der Waals surface area contributed by atoms with Crippen LogP contribution in [0.5, 0.6) is 0 Å². The number of alkyl halides is 3. The minimum absolute atomic E-state index is 0.283. The SMILES string of the molecule is Cc1ccc2nc(/C(C#N)=C\c3cccn3-c3cccc(C(F)(F)F)c3)[nH]c2c1. The van der Waals surface area contributed by atoms with Crippen LogP contribution in [0.1, 0.15) is 22.6 Å². The summed E-state index contributed by atoms with van der Waals surface area (Å²) in [6.45, 7) is 1.96. The van der Waals surface area contributed by atoms with Crippen LogP contribution in [0.25, 0.3) is 28.4 Å². The van der Waals surface area contributed by atoms with E-state index in [1.165, 1.54) is 6.07 Å². The quantitative estimate of drug-likeness (QED) is 0.452. The Morgan fingerprint density at radius 3 is 2.72 bits per heavy atom. The summed E-state index contributed by atoms with van der Waals surface area (Å²) in [5.74, 6) is 0.407. The zero-order chi connectivity index (χ0) is 20.6. The fourth-order valence-electron chi connectivity index (χ4n) is 3.13. The molecular formula is C22H15F3N4. The Morgan fingerprint density at radius 2 is 1.97 bits per heavy atom. The number of hydrogen-bond acceptors (Lipinski definition) is 2. The van der Waals surface area contributed by atoms with E-state index in [-0.39, 0.29) is 5.57 Å². The molecule has 0 spiro atoms. The summed E-state index contributed by atoms with van der Waals surface area (Å²) < 4.78 is 40.7. The number of benzene rings is 2. The maximum absolute atomic E-state index is 13.0. The van der Waals surface area contributed by atoms with Crippen molar-refractivity contribution in [1.82, 2.24) is 14.5 Å². The van der Waals surface area contributed by atoms with Crippen LogP contribution in [0.15, 0.2) is 60.8 Å². The minimum atomic E-state index is -4.43. The van der Waals surface area contributed by atoms with Crippen LogP contribution < -0.4 is 0 Å². The molecule has 7 heteroatoms. The number of fused-ring (bicyclic) bond motifs is 1. The number of allylic oxidation sites excluding steroid dienone is 1. The van der Waals surface area contributed by atoms with Crippen LogP contribution in [-0.2, 0) is 6.18 Å². The smallest absolute Gasteiger partial charge is 0.337 e. The molecule has 2 aromatic carbocycles. The van der Waals surface area contributed by atoms with E-state index >= 15 is 0 Å². The van der Waals surface area contributed by atoms with Crippen LogP contribution in [-0.4, -0.2) is 14.5 Å². The van der Waals surface area contributed by atoms with Gasteiger partial charge >= 0.3 is 6.18 Å². The zero-order valence-corrected chi connectivity index (χ0v) is 15.3. The number of halogens is 3. The van der Waals surface area contributed by atoms with E-state index in [0.29, 0.717) is 17.2 Å². The molecule has 4 rings (SSSR count). The second-order valence-corrected chi connectivity index (χ2v) is 6.63. The van der Waals surface area contributed by atoms with Crippen molar-refractivity contribution in [3.05, 3.63) is 83.4 Å².